The van der Waals surface area contributed by atoms with Gasteiger partial charge in [0.15, 0.2) is 11.5 Å². The minimum atomic E-state index is -0.394. The third-order valence-electron chi connectivity index (χ3n) is 3.99. The fraction of sp³-hybridized carbons (Fsp3) is 0.300. The summed E-state index contributed by atoms with van der Waals surface area (Å²) in [4.78, 5) is 24.4. The fourth-order valence-electron chi connectivity index (χ4n) is 2.77. The lowest BCUT2D eigenvalue weighted by atomic mass is 9.86. The maximum absolute atomic E-state index is 12.3. The molecule has 136 valence electrons. The van der Waals surface area contributed by atoms with Gasteiger partial charge in [-0.25, -0.2) is 0 Å². The molecule has 0 saturated heterocycles. The van der Waals surface area contributed by atoms with Crippen LogP contribution in [-0.4, -0.2) is 18.6 Å². The first-order valence-electron chi connectivity index (χ1n) is 8.42. The van der Waals surface area contributed by atoms with Gasteiger partial charge in [0.25, 0.3) is 0 Å². The van der Waals surface area contributed by atoms with Gasteiger partial charge in [0, 0.05) is 17.4 Å². The number of nitrogens with one attached hydrogen (secondary N) is 2. The second kappa shape index (κ2) is 7.07. The maximum Gasteiger partial charge on any atom is 0.233 e. The third-order valence-corrected chi connectivity index (χ3v) is 3.99. The molecule has 0 aromatic heterocycles. The monoisotopic (exact) mass is 354 g/mol. The summed E-state index contributed by atoms with van der Waals surface area (Å²) in [5, 5.41) is 5.53. The molecule has 0 unspecified atom stereocenters. The molecule has 26 heavy (non-hydrogen) atoms. The molecule has 0 atom stereocenters. The van der Waals surface area contributed by atoms with Gasteiger partial charge in [-0.3, -0.25) is 9.59 Å². The molecule has 0 radical (unpaired) electrons. The van der Waals surface area contributed by atoms with E-state index in [9.17, 15) is 9.59 Å². The molecule has 2 N–H and O–H groups in total. The van der Waals surface area contributed by atoms with Crippen LogP contribution >= 0.6 is 0 Å². The zero-order chi connectivity index (χ0) is 18.7. The zero-order valence-electron chi connectivity index (χ0n) is 15.1. The Labute approximate surface area is 152 Å². The molecule has 1 heterocycles. The highest BCUT2D eigenvalue weighted by atomic mass is 16.7. The number of ether oxygens (including phenoxy) is 2. The van der Waals surface area contributed by atoms with Crippen molar-refractivity contribution < 1.29 is 19.1 Å². The van der Waals surface area contributed by atoms with Gasteiger partial charge < -0.3 is 20.1 Å². The standard InChI is InChI=1S/C20H22N2O4/c1-20(2,3)14-6-4-5-7-15(14)22-19(24)11-18(23)21-13-8-9-16-17(10-13)26-12-25-16/h4-10H,11-12H2,1-3H3,(H,21,23)(H,22,24). The summed E-state index contributed by atoms with van der Waals surface area (Å²) in [6.45, 7) is 6.39. The summed E-state index contributed by atoms with van der Waals surface area (Å²) in [6, 6.07) is 12.7. The van der Waals surface area contributed by atoms with E-state index in [2.05, 4.69) is 31.4 Å². The van der Waals surface area contributed by atoms with E-state index in [1.807, 2.05) is 24.3 Å². The highest BCUT2D eigenvalue weighted by Crippen LogP contribution is 2.34. The van der Waals surface area contributed by atoms with Crippen molar-refractivity contribution in [1.29, 1.82) is 0 Å². The van der Waals surface area contributed by atoms with Crippen LogP contribution in [0.1, 0.15) is 32.8 Å². The predicted octanol–water partition coefficient (Wildman–Crippen LogP) is 3.68. The zero-order valence-corrected chi connectivity index (χ0v) is 15.1. The van der Waals surface area contributed by atoms with Crippen molar-refractivity contribution >= 4 is 23.2 Å². The quantitative estimate of drug-likeness (QED) is 0.821. The Morgan fingerprint density at radius 2 is 1.65 bits per heavy atom. The number of benzene rings is 2. The number of carbonyl (C=O) groups is 2. The Morgan fingerprint density at radius 1 is 0.962 bits per heavy atom. The molecule has 6 heteroatoms. The average Bonchev–Trinajstić information content (AvgIpc) is 3.01. The number of hydrogen-bond donors (Lipinski definition) is 2. The van der Waals surface area contributed by atoms with Crippen LogP contribution in [0.3, 0.4) is 0 Å². The van der Waals surface area contributed by atoms with E-state index in [1.165, 1.54) is 0 Å². The molecule has 2 aromatic rings. The Balaban J connectivity index is 1.61. The summed E-state index contributed by atoms with van der Waals surface area (Å²) < 4.78 is 10.5. The van der Waals surface area contributed by atoms with Crippen molar-refractivity contribution in [2.75, 3.05) is 17.4 Å². The molecular formula is C20H22N2O4. The molecule has 0 bridgehead atoms. The molecular weight excluding hydrogens is 332 g/mol. The second-order valence-corrected chi connectivity index (χ2v) is 7.14. The Bertz CT molecular complexity index is 840. The van der Waals surface area contributed by atoms with E-state index in [4.69, 9.17) is 9.47 Å². The van der Waals surface area contributed by atoms with Crippen LogP contribution in [0.5, 0.6) is 11.5 Å². The van der Waals surface area contributed by atoms with Gasteiger partial charge >= 0.3 is 0 Å². The number of anilines is 2. The van der Waals surface area contributed by atoms with E-state index in [-0.39, 0.29) is 24.5 Å². The normalized spacial score (nSPS) is 12.6. The van der Waals surface area contributed by atoms with Gasteiger partial charge in [0.1, 0.15) is 6.42 Å². The Kier molecular flexibility index (Phi) is 4.84. The van der Waals surface area contributed by atoms with E-state index >= 15 is 0 Å². The smallest absolute Gasteiger partial charge is 0.233 e. The van der Waals surface area contributed by atoms with Crippen LogP contribution < -0.4 is 20.1 Å². The van der Waals surface area contributed by atoms with Crippen LogP contribution in [0.2, 0.25) is 0 Å². The minimum Gasteiger partial charge on any atom is -0.454 e. The third kappa shape index (κ3) is 4.14. The van der Waals surface area contributed by atoms with Gasteiger partial charge in [-0.15, -0.1) is 0 Å². The lowest BCUT2D eigenvalue weighted by Gasteiger charge is -2.22. The summed E-state index contributed by atoms with van der Waals surface area (Å²) in [5.74, 6) is 0.459. The molecule has 2 amide bonds. The van der Waals surface area contributed by atoms with Crippen molar-refractivity contribution in [1.82, 2.24) is 0 Å². The van der Waals surface area contributed by atoms with Crippen LogP contribution in [0.15, 0.2) is 42.5 Å². The van der Waals surface area contributed by atoms with Gasteiger partial charge in [-0.05, 0) is 29.2 Å². The topological polar surface area (TPSA) is 76.7 Å². The Hall–Kier alpha value is -3.02. The highest BCUT2D eigenvalue weighted by Gasteiger charge is 2.20. The van der Waals surface area contributed by atoms with E-state index in [1.54, 1.807) is 18.2 Å². The van der Waals surface area contributed by atoms with E-state index < -0.39 is 5.91 Å². The molecule has 3 rings (SSSR count). The lowest BCUT2D eigenvalue weighted by Crippen LogP contribution is -2.23. The molecule has 1 aliphatic heterocycles. The molecule has 0 saturated carbocycles. The van der Waals surface area contributed by atoms with Crippen molar-refractivity contribution in [3.63, 3.8) is 0 Å². The number of amides is 2. The number of para-hydroxylation sites is 1. The first-order chi connectivity index (χ1) is 12.3. The highest BCUT2D eigenvalue weighted by molar-refractivity contribution is 6.08. The second-order valence-electron chi connectivity index (χ2n) is 7.14. The molecule has 2 aromatic carbocycles. The minimum absolute atomic E-state index is 0.112. The summed E-state index contributed by atoms with van der Waals surface area (Å²) in [5.41, 5.74) is 2.19. The predicted molar refractivity (Wildman–Crippen MR) is 99.6 cm³/mol. The van der Waals surface area contributed by atoms with Gasteiger partial charge in [-0.2, -0.15) is 0 Å². The molecule has 0 aliphatic carbocycles. The number of rotatable bonds is 4. The van der Waals surface area contributed by atoms with Gasteiger partial charge in [-0.1, -0.05) is 39.0 Å². The van der Waals surface area contributed by atoms with Crippen molar-refractivity contribution in [2.45, 2.75) is 32.6 Å². The summed E-state index contributed by atoms with van der Waals surface area (Å²) in [6.07, 6.45) is -0.271. The SMILES string of the molecule is CC(C)(C)c1ccccc1NC(=O)CC(=O)Nc1ccc2c(c1)OCO2. The number of carbonyl (C=O) groups excluding carboxylic acids is 2. The van der Waals surface area contributed by atoms with E-state index in [0.29, 0.717) is 17.2 Å². The van der Waals surface area contributed by atoms with Crippen LogP contribution in [0, 0.1) is 0 Å². The molecule has 6 nitrogen and oxygen atoms in total. The summed E-state index contributed by atoms with van der Waals surface area (Å²) in [7, 11) is 0. The molecule has 0 spiro atoms. The number of fused-ring (bicyclic) bond motifs is 1. The van der Waals surface area contributed by atoms with Gasteiger partial charge in [0.05, 0.1) is 0 Å². The summed E-state index contributed by atoms with van der Waals surface area (Å²) >= 11 is 0. The maximum atomic E-state index is 12.3. The Morgan fingerprint density at radius 3 is 2.42 bits per heavy atom. The van der Waals surface area contributed by atoms with Crippen LogP contribution in [0.25, 0.3) is 0 Å². The first kappa shape index (κ1) is 17.8. The van der Waals surface area contributed by atoms with E-state index in [0.717, 1.165) is 11.3 Å². The average molecular weight is 354 g/mol. The molecule has 1 aliphatic rings. The number of hydrogen-bond acceptors (Lipinski definition) is 4. The van der Waals surface area contributed by atoms with Crippen LogP contribution in [-0.2, 0) is 15.0 Å². The van der Waals surface area contributed by atoms with Gasteiger partial charge in [0.2, 0.25) is 18.6 Å². The lowest BCUT2D eigenvalue weighted by molar-refractivity contribution is -0.123. The molecule has 0 fully saturated rings. The van der Waals surface area contributed by atoms with Crippen molar-refractivity contribution in [3.8, 4) is 11.5 Å². The first-order valence-corrected chi connectivity index (χ1v) is 8.42. The van der Waals surface area contributed by atoms with Crippen LogP contribution in [0.4, 0.5) is 11.4 Å². The largest absolute Gasteiger partial charge is 0.454 e. The fourth-order valence-corrected chi connectivity index (χ4v) is 2.77. The van der Waals surface area contributed by atoms with Crippen molar-refractivity contribution in [2.24, 2.45) is 0 Å². The van der Waals surface area contributed by atoms with Crippen molar-refractivity contribution in [3.05, 3.63) is 48.0 Å².